The Kier molecular flexibility index (Phi) is 12.0. The first-order chi connectivity index (χ1) is 32.1. The van der Waals surface area contributed by atoms with Gasteiger partial charge in [-0.1, -0.05) is 173 Å². The SMILES string of the molecule is C=C(C)C=C=C=Cc1cc2c(c(N(/C(C)=C(\S)c3ccccc3C)/C(C)=C/C3=C(C=CC)C(C)(C)CCC3(C)C)c1C)/C=C1/C=C\C=C/c3c-2cccc3C12c1ccccc1-c1ccccc12. The average molecular weight is 890 g/mol. The second-order valence-electron chi connectivity index (χ2n) is 20.2. The number of thiol groups is 1. The maximum atomic E-state index is 5.50. The minimum Gasteiger partial charge on any atom is -0.316 e. The van der Waals surface area contributed by atoms with Gasteiger partial charge < -0.3 is 4.90 Å². The van der Waals surface area contributed by atoms with Gasteiger partial charge >= 0.3 is 0 Å². The normalized spacial score (nSPS) is 19.0. The Labute approximate surface area is 406 Å². The van der Waals surface area contributed by atoms with Crippen molar-refractivity contribution in [3.8, 4) is 22.3 Å². The Bertz CT molecular complexity index is 3190. The van der Waals surface area contributed by atoms with Crippen LogP contribution in [0.4, 0.5) is 5.69 Å². The molecular weight excluding hydrogens is 827 g/mol. The molecule has 0 amide bonds. The molecule has 0 saturated heterocycles. The lowest BCUT2D eigenvalue weighted by atomic mass is 9.62. The fourth-order valence-corrected chi connectivity index (χ4v) is 11.7. The Balaban J connectivity index is 1.48. The lowest BCUT2D eigenvalue weighted by Crippen LogP contribution is -2.32. The van der Waals surface area contributed by atoms with Gasteiger partial charge in [0.15, 0.2) is 0 Å². The summed E-state index contributed by atoms with van der Waals surface area (Å²) in [5.74, 6) is 0. The molecule has 0 heterocycles. The smallest absolute Gasteiger partial charge is 0.0719 e. The molecule has 1 spiro atoms. The molecule has 1 nitrogen and oxygen atoms in total. The number of hydrogen-bond donors (Lipinski definition) is 1. The predicted octanol–water partition coefficient (Wildman–Crippen LogP) is 17.9. The molecule has 4 aliphatic rings. The van der Waals surface area contributed by atoms with Gasteiger partial charge in [-0.05, 0) is 185 Å². The van der Waals surface area contributed by atoms with E-state index in [4.69, 9.17) is 12.6 Å². The lowest BCUT2D eigenvalue weighted by molar-refractivity contribution is 0.273. The van der Waals surface area contributed by atoms with Gasteiger partial charge in [0.2, 0.25) is 0 Å². The van der Waals surface area contributed by atoms with Crippen LogP contribution in [-0.2, 0) is 5.41 Å². The Morgan fingerprint density at radius 3 is 1.99 bits per heavy atom. The zero-order chi connectivity index (χ0) is 47.4. The highest BCUT2D eigenvalue weighted by atomic mass is 32.1. The molecule has 0 atom stereocenters. The summed E-state index contributed by atoms with van der Waals surface area (Å²) in [5.41, 5.74) is 30.0. The molecule has 5 aromatic carbocycles. The van der Waals surface area contributed by atoms with Gasteiger partial charge in [0.05, 0.1) is 11.1 Å². The van der Waals surface area contributed by atoms with E-state index in [1.165, 1.54) is 61.2 Å². The molecule has 0 aromatic heterocycles. The van der Waals surface area contributed by atoms with Crippen molar-refractivity contribution >= 4 is 41.4 Å². The first-order valence-corrected chi connectivity index (χ1v) is 24.3. The van der Waals surface area contributed by atoms with Crippen molar-refractivity contribution in [2.75, 3.05) is 4.90 Å². The van der Waals surface area contributed by atoms with E-state index < -0.39 is 5.41 Å². The second kappa shape index (κ2) is 17.6. The van der Waals surface area contributed by atoms with E-state index in [1.807, 2.05) is 13.0 Å². The van der Waals surface area contributed by atoms with Crippen molar-refractivity contribution in [1.82, 2.24) is 0 Å². The van der Waals surface area contributed by atoms with Crippen molar-refractivity contribution in [3.63, 3.8) is 0 Å². The molecule has 0 N–H and O–H groups in total. The third kappa shape index (κ3) is 7.63. The number of benzene rings is 5. The minimum atomic E-state index is -0.572. The number of anilines is 1. The third-order valence-corrected chi connectivity index (χ3v) is 15.4. The predicted molar refractivity (Wildman–Crippen MR) is 293 cm³/mol. The molecule has 67 heavy (non-hydrogen) atoms. The molecule has 0 aliphatic heterocycles. The second-order valence-corrected chi connectivity index (χ2v) is 20.7. The summed E-state index contributed by atoms with van der Waals surface area (Å²) in [6.07, 6.45) is 25.0. The van der Waals surface area contributed by atoms with Crippen molar-refractivity contribution < 1.29 is 0 Å². The summed E-state index contributed by atoms with van der Waals surface area (Å²) in [7, 11) is 0. The Morgan fingerprint density at radius 2 is 1.31 bits per heavy atom. The molecule has 0 unspecified atom stereocenters. The zero-order valence-electron chi connectivity index (χ0n) is 41.0. The van der Waals surface area contributed by atoms with Crippen LogP contribution in [0.3, 0.4) is 0 Å². The number of hydrogen-bond acceptors (Lipinski definition) is 2. The number of allylic oxidation sites excluding steroid dienone is 13. The number of fused-ring (bicyclic) bond motifs is 5. The van der Waals surface area contributed by atoms with Crippen LogP contribution in [0, 0.1) is 24.7 Å². The minimum absolute atomic E-state index is 0.0220. The summed E-state index contributed by atoms with van der Waals surface area (Å²) in [4.78, 5) is 3.46. The molecule has 0 fully saturated rings. The largest absolute Gasteiger partial charge is 0.316 e. The lowest BCUT2D eigenvalue weighted by Gasteiger charge is -2.43. The van der Waals surface area contributed by atoms with Gasteiger partial charge in [0, 0.05) is 21.9 Å². The molecule has 2 heteroatoms. The van der Waals surface area contributed by atoms with E-state index in [0.29, 0.717) is 0 Å². The third-order valence-electron chi connectivity index (χ3n) is 14.9. The fourth-order valence-electron chi connectivity index (χ4n) is 11.3. The molecule has 4 aliphatic carbocycles. The number of rotatable bonds is 8. The van der Waals surface area contributed by atoms with Crippen LogP contribution in [0.2, 0.25) is 0 Å². The van der Waals surface area contributed by atoms with Crippen LogP contribution >= 0.6 is 12.6 Å². The van der Waals surface area contributed by atoms with E-state index in [2.05, 4.69) is 237 Å². The number of nitrogens with zero attached hydrogens (tertiary/aromatic N) is 1. The standard InChI is InChI=1S/C65H63NS/c1-12-24-59-60(64(10,11)38-37-63(59,8)9)39-44(5)66(46(7)62(67)49-29-17-14-26-43(49)4)61-45(6)47(27-15-13-25-42(2)3)40-54-50-33-23-36-58-51(50)30-18-16-28-48(41-55(54)61)65(58)56-34-21-19-31-52(56)53-32-20-22-35-57(53)65/h12,14,16-36,39-41,67H,2,37-38H2,1,3-11H3/b18-16?,24-12?,27-25?,28-16-,30-18-,44-39+,48-28?,48-41-,51-30?,54-50?,55-41?,62-46-. The van der Waals surface area contributed by atoms with Crippen LogP contribution in [0.5, 0.6) is 0 Å². The van der Waals surface area contributed by atoms with Gasteiger partial charge in [-0.2, -0.15) is 0 Å². The van der Waals surface area contributed by atoms with Gasteiger partial charge in [-0.3, -0.25) is 0 Å². The van der Waals surface area contributed by atoms with Crippen molar-refractivity contribution in [2.45, 2.75) is 87.5 Å². The summed E-state index contributed by atoms with van der Waals surface area (Å²) < 4.78 is 0. The Hall–Kier alpha value is -6.53. The van der Waals surface area contributed by atoms with Gasteiger partial charge in [0.25, 0.3) is 0 Å². The van der Waals surface area contributed by atoms with Crippen LogP contribution in [0.25, 0.3) is 45.4 Å². The first kappa shape index (κ1) is 45.6. The highest BCUT2D eigenvalue weighted by molar-refractivity contribution is 7.90. The summed E-state index contributed by atoms with van der Waals surface area (Å²) in [6, 6.07) is 36.1. The molecule has 5 aromatic rings. The summed E-state index contributed by atoms with van der Waals surface area (Å²) in [6.45, 7) is 26.9. The van der Waals surface area contributed by atoms with Crippen LogP contribution in [0.1, 0.15) is 118 Å². The average Bonchev–Trinajstić information content (AvgIpc) is 3.60. The van der Waals surface area contributed by atoms with Crippen LogP contribution < -0.4 is 4.90 Å². The van der Waals surface area contributed by atoms with E-state index in [9.17, 15) is 0 Å². The van der Waals surface area contributed by atoms with Gasteiger partial charge in [-0.25, -0.2) is 0 Å². The van der Waals surface area contributed by atoms with Crippen LogP contribution in [0.15, 0.2) is 191 Å². The van der Waals surface area contributed by atoms with E-state index >= 15 is 0 Å². The quantitative estimate of drug-likeness (QED) is 0.0923. The first-order valence-electron chi connectivity index (χ1n) is 23.8. The molecule has 0 radical (unpaired) electrons. The van der Waals surface area contributed by atoms with Crippen molar-refractivity contribution in [3.05, 3.63) is 241 Å². The van der Waals surface area contributed by atoms with Crippen molar-refractivity contribution in [1.29, 1.82) is 0 Å². The monoisotopic (exact) mass is 889 g/mol. The highest BCUT2D eigenvalue weighted by Gasteiger charge is 2.49. The maximum absolute atomic E-state index is 5.50. The molecular formula is C65H63NS. The van der Waals surface area contributed by atoms with E-state index in [-0.39, 0.29) is 10.8 Å². The van der Waals surface area contributed by atoms with Gasteiger partial charge in [0.1, 0.15) is 0 Å². The topological polar surface area (TPSA) is 3.24 Å². The van der Waals surface area contributed by atoms with Crippen LogP contribution in [-0.4, -0.2) is 0 Å². The van der Waals surface area contributed by atoms with E-state index in [0.717, 1.165) is 68.2 Å². The Morgan fingerprint density at radius 1 is 0.701 bits per heavy atom. The molecule has 334 valence electrons. The molecule has 4 bridgehead atoms. The molecule has 0 saturated carbocycles. The molecule has 9 rings (SSSR count). The summed E-state index contributed by atoms with van der Waals surface area (Å²) in [5, 5.41) is 0. The van der Waals surface area contributed by atoms with Gasteiger partial charge in [-0.15, -0.1) is 12.6 Å². The van der Waals surface area contributed by atoms with Crippen molar-refractivity contribution in [2.24, 2.45) is 10.8 Å². The highest BCUT2D eigenvalue weighted by Crippen LogP contribution is 2.60. The maximum Gasteiger partial charge on any atom is 0.0719 e. The summed E-state index contributed by atoms with van der Waals surface area (Å²) >= 11 is 5.50. The zero-order valence-corrected chi connectivity index (χ0v) is 41.9. The fraction of sp³-hybridized carbons (Fsp3) is 0.231. The van der Waals surface area contributed by atoms with E-state index in [1.54, 1.807) is 0 Å². The number of aryl methyl sites for hydroxylation is 1.